The molecule has 3 aromatic heterocycles. The van der Waals surface area contributed by atoms with Crippen molar-refractivity contribution in [3.63, 3.8) is 0 Å². The number of aldehydes is 2. The molecule has 1 saturated heterocycles. The number of likely N-dealkylation sites (N-methyl/N-ethyl adjacent to an activating group) is 1. The molecule has 0 bridgehead atoms. The van der Waals surface area contributed by atoms with Gasteiger partial charge in [-0.05, 0) is 64.8 Å². The van der Waals surface area contributed by atoms with Gasteiger partial charge in [-0.1, -0.05) is 69.9 Å². The van der Waals surface area contributed by atoms with Gasteiger partial charge in [0.2, 0.25) is 11.8 Å². The first-order valence-electron chi connectivity index (χ1n) is 21.5. The molecule has 3 N–H and O–H groups in total. The zero-order valence-electron chi connectivity index (χ0n) is 40.1. The molecule has 1 radical (unpaired) electrons. The van der Waals surface area contributed by atoms with Crippen molar-refractivity contribution in [2.24, 2.45) is 0 Å². The first-order chi connectivity index (χ1) is 29.5. The number of para-hydroxylation sites is 1. The number of amides is 3. The Morgan fingerprint density at radius 2 is 1.57 bits per heavy atom. The summed E-state index contributed by atoms with van der Waals surface area (Å²) in [5, 5.41) is 14.4. The first-order valence-corrected chi connectivity index (χ1v) is 21.5. The van der Waals surface area contributed by atoms with Crippen LogP contribution in [0.4, 0.5) is 11.5 Å². The van der Waals surface area contributed by atoms with E-state index in [1.807, 2.05) is 30.5 Å². The summed E-state index contributed by atoms with van der Waals surface area (Å²) < 4.78 is 4.03. The Balaban J connectivity index is -0.000000402. The van der Waals surface area contributed by atoms with Gasteiger partial charge in [0.1, 0.15) is 12.1 Å². The second kappa shape index (κ2) is 32.4. The normalized spacial score (nSPS) is 12.4. The molecule has 3 amide bonds. The topological polar surface area (TPSA) is 176 Å². The smallest absolute Gasteiger partial charge is 0.257 e. The van der Waals surface area contributed by atoms with E-state index in [9.17, 15) is 24.0 Å². The summed E-state index contributed by atoms with van der Waals surface area (Å²) in [6, 6.07) is 13.1. The number of hydrogen-bond donors (Lipinski definition) is 3. The minimum atomic E-state index is -0.770. The predicted octanol–water partition coefficient (Wildman–Crippen LogP) is 7.70. The van der Waals surface area contributed by atoms with Crippen LogP contribution in [-0.4, -0.2) is 105 Å². The quantitative estimate of drug-likeness (QED) is 0.0422. The number of nitrogens with one attached hydrogen (secondary N) is 3. The van der Waals surface area contributed by atoms with Gasteiger partial charge in [0, 0.05) is 83.8 Å². The molecule has 4 heterocycles. The summed E-state index contributed by atoms with van der Waals surface area (Å²) in [5.41, 5.74) is 5.22. The van der Waals surface area contributed by atoms with Crippen LogP contribution >= 0.6 is 0 Å². The number of hydrogen-bond acceptors (Lipinski definition) is 10. The van der Waals surface area contributed by atoms with E-state index in [2.05, 4.69) is 72.8 Å². The maximum Gasteiger partial charge on any atom is 0.257 e. The Labute approximate surface area is 386 Å². The maximum absolute atomic E-state index is 13.3. The molecule has 69 heavy (non-hydrogen) atoms. The van der Waals surface area contributed by atoms with Crippen LogP contribution in [0.15, 0.2) is 61.1 Å². The fraction of sp³-hybridized carbons (Fsp3) is 0.468. The third-order valence-electron chi connectivity index (χ3n) is 10.8. The summed E-state index contributed by atoms with van der Waals surface area (Å²) in [7, 11) is 5.17. The molecule has 1 aliphatic rings. The molecular weight excluding hydrogens is 2510 g/mol. The third-order valence-corrected chi connectivity index (χ3v) is 10.8. The van der Waals surface area contributed by atoms with Crippen LogP contribution < -0.4 is 16.0 Å². The summed E-state index contributed by atoms with van der Waals surface area (Å²) in [6.07, 6.45) is 16.0. The summed E-state index contributed by atoms with van der Waals surface area (Å²) >= 11 is 0. The number of carbonyl (C=O) groups is 5. The van der Waals surface area contributed by atoms with Gasteiger partial charge >= 0.3 is 0 Å². The average molecular weight is 2580 g/mol. The number of carbonyl (C=O) groups excluding carboxylic acids is 5. The molecule has 1 fully saturated rings. The second-order valence-electron chi connectivity index (χ2n) is 15.1. The van der Waals surface area contributed by atoms with E-state index in [1.165, 1.54) is 43.2 Å². The van der Waals surface area contributed by atoms with Crippen LogP contribution in [0.2, 0.25) is 0 Å². The zero-order chi connectivity index (χ0) is 44.3. The Morgan fingerprint density at radius 1 is 0.913 bits per heavy atom. The first kappa shape index (κ1) is 66.8. The Kier molecular flexibility index (Phi) is 31.4. The minimum absolute atomic E-state index is 0. The number of imidazole rings is 1. The van der Waals surface area contributed by atoms with Gasteiger partial charge in [0.15, 0.2) is 11.9 Å². The molecule has 0 spiro atoms. The number of benzene rings is 2. The van der Waals surface area contributed by atoms with Crippen LogP contribution in [0.5, 0.6) is 0 Å². The molecule has 15 nitrogen and oxygen atoms in total. The van der Waals surface area contributed by atoms with Crippen molar-refractivity contribution in [1.29, 1.82) is 0 Å². The molecular formula is C47H67Fm6N10O5Re-. The molecule has 415 valence electrons. The van der Waals surface area contributed by atoms with Crippen LogP contribution in [0, 0.1) is 14.4 Å². The van der Waals surface area contributed by atoms with Gasteiger partial charge in [-0.2, -0.15) is 5.10 Å². The van der Waals surface area contributed by atoms with Gasteiger partial charge in [-0.25, -0.2) is 9.97 Å². The SMILES string of the molecule is CC.CC(=O)Nc1cn2cc([C@H]3CCCN3C)nc2cn1.CNC(=O)CCC(C=O)N(C)C(=O)c1c(C=O)cccc1NCCCCCCCCn1nc(C)c2ccccc21.[CH3-].[Fm].[Fm].[Fm].[Fm].[Fm].[Fm].[Re]. The van der Waals surface area contributed by atoms with Crippen molar-refractivity contribution in [2.45, 2.75) is 111 Å². The van der Waals surface area contributed by atoms with Crippen molar-refractivity contribution >= 4 is 58.3 Å². The number of fused-ring (bicyclic) bond motifs is 2. The van der Waals surface area contributed by atoms with E-state index < -0.39 is 11.9 Å². The van der Waals surface area contributed by atoms with E-state index in [0.29, 0.717) is 36.7 Å². The van der Waals surface area contributed by atoms with Crippen molar-refractivity contribution in [1.82, 2.24) is 39.3 Å². The minimum Gasteiger partial charge on any atom is -0.384 e. The molecule has 0 aliphatic carbocycles. The molecule has 22 heteroatoms. The van der Waals surface area contributed by atoms with Crippen molar-refractivity contribution in [3.05, 3.63) is 91.0 Å². The van der Waals surface area contributed by atoms with Crippen molar-refractivity contribution in [3.8, 4) is 0 Å². The average Bonchev–Trinajstić information content (AvgIpc) is 3.99. The predicted molar refractivity (Wildman–Crippen MR) is 247 cm³/mol. The van der Waals surface area contributed by atoms with Crippen molar-refractivity contribution in [2.75, 3.05) is 44.9 Å². The van der Waals surface area contributed by atoms with Gasteiger partial charge in [0.05, 0.1) is 46.9 Å². The molecule has 1 aliphatic heterocycles. The summed E-state index contributed by atoms with van der Waals surface area (Å²) in [4.78, 5) is 71.8. The van der Waals surface area contributed by atoms with Crippen LogP contribution in [0.25, 0.3) is 16.6 Å². The van der Waals surface area contributed by atoms with Crippen molar-refractivity contribution < 1.29 is 44.4 Å². The molecule has 6 rings (SSSR count). The van der Waals surface area contributed by atoms with Crippen LogP contribution in [0.1, 0.15) is 123 Å². The number of likely N-dealkylation sites (tertiary alicyclic amines) is 1. The van der Waals surface area contributed by atoms with E-state index in [0.717, 1.165) is 75.1 Å². The fourth-order valence-electron chi connectivity index (χ4n) is 7.53. The number of aromatic nitrogens is 5. The molecule has 2 aromatic carbocycles. The molecule has 1 unspecified atom stereocenters. The number of rotatable bonds is 19. The van der Waals surface area contributed by atoms with Gasteiger partial charge in [0.25, 0.3) is 5.91 Å². The van der Waals surface area contributed by atoms with E-state index in [1.54, 1.807) is 30.6 Å². The number of aryl methyl sites for hydroxylation is 2. The van der Waals surface area contributed by atoms with E-state index in [-0.39, 0.29) is 63.6 Å². The number of nitrogens with zero attached hydrogens (tertiary/aromatic N) is 7. The Morgan fingerprint density at radius 3 is 2.17 bits per heavy atom. The molecule has 2 atom stereocenters. The summed E-state index contributed by atoms with van der Waals surface area (Å²) in [6.45, 7) is 10.2. The monoisotopic (exact) mass is 2580 g/mol. The van der Waals surface area contributed by atoms with Gasteiger partial charge < -0.3 is 37.5 Å². The molecule has 0 saturated carbocycles. The fourth-order valence-corrected chi connectivity index (χ4v) is 7.53. The standard InChI is InChI=1S/C31H41N5O4.C13H17N5O.C2H6.CH3.6Fm.Re/c1-23-26-14-8-9-16-28(26)36(34-23)20-11-7-5-4-6-10-19-33-27-15-12-13-24(21-37)30(27)31(40)35(3)25(22-38)17-18-29(39)32-2;1-9(19)15-12-8-18-7-10(16-13(18)6-14-12)11-4-3-5-17(11)2;1-2;;;;;;;;/h8-9,12-16,21-22,25,33H,4-7,10-11,17-20H2,1-3H3,(H,32,39);6-8,11H,3-5H2,1-2H3,(H,15,19);1-2H3;1H3;;;;;;;/q;;;-1;;;;;;;/t;11-;;;;;;;;;/m.1........./s1. The van der Waals surface area contributed by atoms with Gasteiger partial charge in [-0.3, -0.25) is 28.8 Å². The van der Waals surface area contributed by atoms with E-state index >= 15 is 0 Å². The number of unbranched alkanes of at least 4 members (excludes halogenated alkanes) is 5. The zero-order valence-corrected chi connectivity index (χ0v) is 57.2. The Hall–Kier alpha value is -11.3. The third kappa shape index (κ3) is 17.1. The second-order valence-corrected chi connectivity index (χ2v) is 15.1. The van der Waals surface area contributed by atoms with E-state index in [4.69, 9.17) is 0 Å². The molecule has 5 aromatic rings. The summed E-state index contributed by atoms with van der Waals surface area (Å²) in [5.74, 6) is -0.212. The van der Waals surface area contributed by atoms with Crippen LogP contribution in [0.3, 0.4) is 0 Å². The maximum atomic E-state index is 13.3. The van der Waals surface area contributed by atoms with Gasteiger partial charge in [-0.15, -0.1) is 0 Å². The van der Waals surface area contributed by atoms with Crippen LogP contribution in [-0.2, 0) is 41.4 Å². The number of anilines is 2. The Bertz CT molecular complexity index is 2250. The largest absolute Gasteiger partial charge is 0.384 e.